The Hall–Kier alpha value is -4.91. The number of ether oxygens (including phenoxy) is 4. The maximum absolute atomic E-state index is 10.8. The van der Waals surface area contributed by atoms with Gasteiger partial charge in [0.15, 0.2) is 28.8 Å². The molecule has 43 heavy (non-hydrogen) atoms. The lowest BCUT2D eigenvalue weighted by Gasteiger charge is -2.08. The van der Waals surface area contributed by atoms with Gasteiger partial charge in [-0.15, -0.1) is 0 Å². The number of benzene rings is 4. The molecule has 0 N–H and O–H groups in total. The third kappa shape index (κ3) is 13.1. The summed E-state index contributed by atoms with van der Waals surface area (Å²) in [5.74, 6) is 3.46. The third-order valence-corrected chi connectivity index (χ3v) is 6.05. The molecular weight excluding hydrogens is 544 g/mol. The van der Waals surface area contributed by atoms with Gasteiger partial charge in [0.2, 0.25) is 0 Å². The van der Waals surface area contributed by atoms with Crippen LogP contribution < -0.4 is 18.9 Å². The van der Waals surface area contributed by atoms with Crippen LogP contribution in [0, 0.1) is 13.8 Å². The summed E-state index contributed by atoms with van der Waals surface area (Å²) in [6.45, 7) is 8.57. The van der Waals surface area contributed by atoms with Gasteiger partial charge in [-0.05, 0) is 70.5 Å². The van der Waals surface area contributed by atoms with Crippen LogP contribution in [0.15, 0.2) is 91.0 Å². The number of ketones is 3. The van der Waals surface area contributed by atoms with Crippen molar-refractivity contribution in [2.45, 2.75) is 34.6 Å². The summed E-state index contributed by atoms with van der Waals surface area (Å²) in [5, 5.41) is 0. The van der Waals surface area contributed by atoms with E-state index in [1.54, 1.807) is 59.6 Å². The molecule has 0 aliphatic rings. The number of para-hydroxylation sites is 1. The highest BCUT2D eigenvalue weighted by molar-refractivity contribution is 5.97. The van der Waals surface area contributed by atoms with Gasteiger partial charge in [0.05, 0.1) is 28.4 Å². The molecule has 0 amide bonds. The van der Waals surface area contributed by atoms with Crippen LogP contribution in [0.1, 0.15) is 63.0 Å². The average Bonchev–Trinajstić information content (AvgIpc) is 3.02. The van der Waals surface area contributed by atoms with Crippen molar-refractivity contribution in [1.29, 1.82) is 0 Å². The maximum Gasteiger partial charge on any atom is 0.163 e. The van der Waals surface area contributed by atoms with E-state index in [9.17, 15) is 14.4 Å². The Labute approximate surface area is 255 Å². The van der Waals surface area contributed by atoms with E-state index in [1.807, 2.05) is 80.6 Å². The maximum atomic E-state index is 10.8. The highest BCUT2D eigenvalue weighted by Gasteiger charge is 2.04. The minimum Gasteiger partial charge on any atom is -0.497 e. The van der Waals surface area contributed by atoms with E-state index in [2.05, 4.69) is 0 Å². The Bertz CT molecular complexity index is 1370. The Kier molecular flexibility index (Phi) is 16.2. The smallest absolute Gasteiger partial charge is 0.163 e. The van der Waals surface area contributed by atoms with E-state index < -0.39 is 0 Å². The van der Waals surface area contributed by atoms with Gasteiger partial charge in [0.25, 0.3) is 0 Å². The zero-order valence-electron chi connectivity index (χ0n) is 26.5. The van der Waals surface area contributed by atoms with Crippen LogP contribution in [0.4, 0.5) is 0 Å². The van der Waals surface area contributed by atoms with Crippen molar-refractivity contribution in [1.82, 2.24) is 0 Å². The van der Waals surface area contributed by atoms with Crippen molar-refractivity contribution in [2.24, 2.45) is 0 Å². The Morgan fingerprint density at radius 1 is 0.465 bits per heavy atom. The first-order valence-corrected chi connectivity index (χ1v) is 13.5. The number of hydrogen-bond acceptors (Lipinski definition) is 7. The quantitative estimate of drug-likeness (QED) is 0.203. The monoisotopic (exact) mass is 586 g/mol. The summed E-state index contributed by atoms with van der Waals surface area (Å²) in [4.78, 5) is 32.4. The Morgan fingerprint density at radius 3 is 1.12 bits per heavy atom. The molecule has 0 atom stereocenters. The highest BCUT2D eigenvalue weighted by Crippen LogP contribution is 2.29. The summed E-state index contributed by atoms with van der Waals surface area (Å²) < 4.78 is 20.2. The van der Waals surface area contributed by atoms with Crippen molar-refractivity contribution < 1.29 is 33.3 Å². The molecule has 4 aromatic rings. The van der Waals surface area contributed by atoms with Gasteiger partial charge in [0, 0.05) is 16.7 Å². The van der Waals surface area contributed by atoms with Crippen molar-refractivity contribution in [3.63, 3.8) is 0 Å². The summed E-state index contributed by atoms with van der Waals surface area (Å²) >= 11 is 0. The molecule has 4 aromatic carbocycles. The number of hydrogen-bond donors (Lipinski definition) is 0. The Morgan fingerprint density at radius 2 is 0.837 bits per heavy atom. The predicted molar refractivity (Wildman–Crippen MR) is 171 cm³/mol. The number of Topliss-reactive ketones (excluding diaryl/α,β-unsaturated/α-hetero) is 3. The zero-order chi connectivity index (χ0) is 32.4. The SMILES string of the molecule is CC(=O)c1ccc(C(C)=O)cc1.CC(=O)c1ccc(C)cc1.COc1ccc(OC)cc1.COc1cccc(C)c1OC. The van der Waals surface area contributed by atoms with E-state index in [0.717, 1.165) is 34.1 Å². The summed E-state index contributed by atoms with van der Waals surface area (Å²) in [6.07, 6.45) is 0. The number of aryl methyl sites for hydroxylation is 2. The van der Waals surface area contributed by atoms with E-state index in [4.69, 9.17) is 18.9 Å². The topological polar surface area (TPSA) is 88.1 Å². The number of carbonyl (C=O) groups is 3. The minimum absolute atomic E-state index is 0.0186. The molecule has 0 radical (unpaired) electrons. The van der Waals surface area contributed by atoms with Crippen molar-refractivity contribution in [3.8, 4) is 23.0 Å². The van der Waals surface area contributed by atoms with Gasteiger partial charge in [-0.25, -0.2) is 0 Å². The predicted octanol–water partition coefficient (Wildman–Crippen LogP) is 8.01. The van der Waals surface area contributed by atoms with Crippen LogP contribution in [-0.2, 0) is 0 Å². The van der Waals surface area contributed by atoms with Crippen molar-refractivity contribution in [3.05, 3.63) is 119 Å². The normalized spacial score (nSPS) is 9.33. The third-order valence-electron chi connectivity index (χ3n) is 6.05. The van der Waals surface area contributed by atoms with Crippen LogP contribution in [0.3, 0.4) is 0 Å². The molecule has 4 rings (SSSR count). The fourth-order valence-electron chi connectivity index (χ4n) is 3.49. The molecule has 0 aliphatic heterocycles. The number of methoxy groups -OCH3 is 4. The molecule has 0 bridgehead atoms. The van der Waals surface area contributed by atoms with Crippen LogP contribution in [0.25, 0.3) is 0 Å². The molecule has 0 unspecified atom stereocenters. The van der Waals surface area contributed by atoms with Gasteiger partial charge in [-0.3, -0.25) is 14.4 Å². The lowest BCUT2D eigenvalue weighted by atomic mass is 10.1. The zero-order valence-corrected chi connectivity index (χ0v) is 26.5. The Balaban J connectivity index is 0.000000287. The fourth-order valence-corrected chi connectivity index (χ4v) is 3.49. The molecule has 7 nitrogen and oxygen atoms in total. The molecule has 0 aliphatic carbocycles. The van der Waals surface area contributed by atoms with Crippen molar-refractivity contribution >= 4 is 17.3 Å². The van der Waals surface area contributed by atoms with E-state index >= 15 is 0 Å². The fraction of sp³-hybridized carbons (Fsp3) is 0.250. The molecular formula is C36H42O7. The van der Waals surface area contributed by atoms with Gasteiger partial charge in [-0.2, -0.15) is 0 Å². The van der Waals surface area contributed by atoms with Crippen molar-refractivity contribution in [2.75, 3.05) is 28.4 Å². The highest BCUT2D eigenvalue weighted by atomic mass is 16.5. The van der Waals surface area contributed by atoms with E-state index in [0.29, 0.717) is 11.1 Å². The minimum atomic E-state index is 0.0186. The van der Waals surface area contributed by atoms with Gasteiger partial charge >= 0.3 is 0 Å². The molecule has 0 heterocycles. The first-order chi connectivity index (χ1) is 20.5. The first kappa shape index (κ1) is 36.1. The first-order valence-electron chi connectivity index (χ1n) is 13.5. The second kappa shape index (κ2) is 19.3. The molecule has 0 aromatic heterocycles. The second-order valence-electron chi connectivity index (χ2n) is 9.30. The summed E-state index contributed by atoms with van der Waals surface area (Å²) in [5.41, 5.74) is 4.34. The van der Waals surface area contributed by atoms with Gasteiger partial charge < -0.3 is 18.9 Å². The second-order valence-corrected chi connectivity index (χ2v) is 9.30. The lowest BCUT2D eigenvalue weighted by Crippen LogP contribution is -1.95. The van der Waals surface area contributed by atoms with Crippen LogP contribution >= 0.6 is 0 Å². The van der Waals surface area contributed by atoms with Gasteiger partial charge in [-0.1, -0.05) is 66.2 Å². The molecule has 0 spiro atoms. The van der Waals surface area contributed by atoms with Crippen LogP contribution in [-0.4, -0.2) is 45.8 Å². The standard InChI is InChI=1S/C10H10O2.C9H12O2.C9H10O.C8H10O2/c1-7(11)9-3-5-10(6-4-9)8(2)12;1-7-5-4-6-8(10-2)9(7)11-3;1-7-3-5-9(6-4-7)8(2)10;1-9-7-3-5-8(10-2)6-4-7/h3-6H,1-2H3;4-6H,1-3H3;2*3-6H,1-2H3. The number of rotatable bonds is 7. The molecule has 0 saturated carbocycles. The van der Waals surface area contributed by atoms with Crippen LogP contribution in [0.2, 0.25) is 0 Å². The summed E-state index contributed by atoms with van der Waals surface area (Å²) in [7, 11) is 6.56. The summed E-state index contributed by atoms with van der Waals surface area (Å²) in [6, 6.07) is 27.5. The molecule has 7 heteroatoms. The lowest BCUT2D eigenvalue weighted by molar-refractivity contribution is 0.100. The van der Waals surface area contributed by atoms with Crippen LogP contribution in [0.5, 0.6) is 23.0 Å². The number of carbonyl (C=O) groups excluding carboxylic acids is 3. The largest absolute Gasteiger partial charge is 0.497 e. The molecule has 0 fully saturated rings. The average molecular weight is 587 g/mol. The van der Waals surface area contributed by atoms with E-state index in [1.165, 1.54) is 19.4 Å². The molecule has 0 saturated heterocycles. The van der Waals surface area contributed by atoms with E-state index in [-0.39, 0.29) is 17.3 Å². The molecule has 228 valence electrons. The van der Waals surface area contributed by atoms with Gasteiger partial charge in [0.1, 0.15) is 11.5 Å².